The van der Waals surface area contributed by atoms with E-state index in [9.17, 15) is 9.59 Å². The van der Waals surface area contributed by atoms with Crippen molar-refractivity contribution in [3.8, 4) is 0 Å². The number of hydrogen-bond donors (Lipinski definition) is 1. The van der Waals surface area contributed by atoms with Crippen LogP contribution >= 0.6 is 0 Å². The van der Waals surface area contributed by atoms with Crippen LogP contribution in [0.3, 0.4) is 0 Å². The number of hydrogen-bond acceptors (Lipinski definition) is 4. The van der Waals surface area contributed by atoms with E-state index in [2.05, 4.69) is 15.3 Å². The average Bonchev–Trinajstić information content (AvgIpc) is 2.18. The van der Waals surface area contributed by atoms with Gasteiger partial charge in [-0.25, -0.2) is 0 Å². The number of amides is 1. The molecule has 1 saturated heterocycles. The molecule has 7 nitrogen and oxygen atoms in total. The summed E-state index contributed by atoms with van der Waals surface area (Å²) in [6.07, 6.45) is 0.615. The van der Waals surface area contributed by atoms with E-state index in [-0.39, 0.29) is 24.3 Å². The molecule has 1 fully saturated rings. The van der Waals surface area contributed by atoms with Gasteiger partial charge in [0.2, 0.25) is 5.91 Å². The lowest BCUT2D eigenvalue weighted by molar-refractivity contribution is -0.155. The van der Waals surface area contributed by atoms with Gasteiger partial charge in [0.15, 0.2) is 0 Å². The molecule has 2 atom stereocenters. The molecular formula is C10H16N4O3. The van der Waals surface area contributed by atoms with Gasteiger partial charge in [0.1, 0.15) is 11.6 Å². The molecule has 0 aromatic heterocycles. The molecule has 1 aliphatic rings. The predicted octanol–water partition coefficient (Wildman–Crippen LogP) is 1.29. The first-order valence-electron chi connectivity index (χ1n) is 5.40. The minimum Gasteiger partial charge on any atom is -0.460 e. The summed E-state index contributed by atoms with van der Waals surface area (Å²) in [7, 11) is 0. The van der Waals surface area contributed by atoms with Crippen LogP contribution in [0, 0.1) is 0 Å². The standard InChI is InChI=1S/C10H16N4O3/c1-10(2,3)17-7(15)5-4-6-8(13-14-11)9(16)12-6/h6,8H,4-5H2,1-3H3,(H,12,16)/t6-,8-/m1/s1. The molecule has 94 valence electrons. The van der Waals surface area contributed by atoms with Crippen molar-refractivity contribution in [2.45, 2.75) is 51.3 Å². The Labute approximate surface area is 99.1 Å². The van der Waals surface area contributed by atoms with E-state index in [1.54, 1.807) is 20.8 Å². The van der Waals surface area contributed by atoms with Gasteiger partial charge in [0, 0.05) is 17.4 Å². The van der Waals surface area contributed by atoms with Crippen LogP contribution in [0.2, 0.25) is 0 Å². The van der Waals surface area contributed by atoms with Gasteiger partial charge in [-0.2, -0.15) is 0 Å². The number of azide groups is 1. The predicted molar refractivity (Wildman–Crippen MR) is 59.9 cm³/mol. The van der Waals surface area contributed by atoms with Crippen molar-refractivity contribution in [3.63, 3.8) is 0 Å². The number of nitrogens with zero attached hydrogens (tertiary/aromatic N) is 3. The van der Waals surface area contributed by atoms with E-state index < -0.39 is 11.6 Å². The van der Waals surface area contributed by atoms with E-state index in [0.717, 1.165) is 0 Å². The molecule has 0 unspecified atom stereocenters. The third kappa shape index (κ3) is 3.96. The van der Waals surface area contributed by atoms with Crippen molar-refractivity contribution < 1.29 is 14.3 Å². The van der Waals surface area contributed by atoms with Gasteiger partial charge in [-0.1, -0.05) is 5.11 Å². The maximum Gasteiger partial charge on any atom is 0.306 e. The second-order valence-corrected chi connectivity index (χ2v) is 4.89. The fourth-order valence-electron chi connectivity index (χ4n) is 1.52. The molecule has 0 aromatic rings. The van der Waals surface area contributed by atoms with E-state index in [1.165, 1.54) is 0 Å². The number of esters is 1. The minimum absolute atomic E-state index is 0.194. The zero-order valence-electron chi connectivity index (χ0n) is 10.1. The summed E-state index contributed by atoms with van der Waals surface area (Å²) in [5.74, 6) is -0.615. The van der Waals surface area contributed by atoms with Crippen LogP contribution in [0.15, 0.2) is 5.11 Å². The molecule has 7 heteroatoms. The highest BCUT2D eigenvalue weighted by atomic mass is 16.6. The second-order valence-electron chi connectivity index (χ2n) is 4.89. The maximum absolute atomic E-state index is 11.4. The van der Waals surface area contributed by atoms with Crippen LogP contribution in [0.5, 0.6) is 0 Å². The van der Waals surface area contributed by atoms with Crippen LogP contribution in [-0.2, 0) is 14.3 Å². The molecule has 0 aliphatic carbocycles. The number of carbonyl (C=O) groups excluding carboxylic acids is 2. The fraction of sp³-hybridized carbons (Fsp3) is 0.800. The highest BCUT2D eigenvalue weighted by molar-refractivity contribution is 5.89. The summed E-state index contributed by atoms with van der Waals surface area (Å²) in [6.45, 7) is 5.37. The first kappa shape index (κ1) is 13.3. The molecule has 1 aliphatic heterocycles. The highest BCUT2D eigenvalue weighted by Crippen LogP contribution is 2.17. The van der Waals surface area contributed by atoms with Gasteiger partial charge in [-0.05, 0) is 32.7 Å². The molecular weight excluding hydrogens is 224 g/mol. The zero-order chi connectivity index (χ0) is 13.1. The van der Waals surface area contributed by atoms with E-state index >= 15 is 0 Å². The molecule has 0 aromatic carbocycles. The van der Waals surface area contributed by atoms with Crippen molar-refractivity contribution >= 4 is 11.9 Å². The Morgan fingerprint density at radius 3 is 2.71 bits per heavy atom. The zero-order valence-corrected chi connectivity index (χ0v) is 10.1. The largest absolute Gasteiger partial charge is 0.460 e. The van der Waals surface area contributed by atoms with E-state index in [1.807, 2.05) is 0 Å². The summed E-state index contributed by atoms with van der Waals surface area (Å²) >= 11 is 0. The van der Waals surface area contributed by atoms with Gasteiger partial charge < -0.3 is 10.1 Å². The topological polar surface area (TPSA) is 104 Å². The third-order valence-electron chi connectivity index (χ3n) is 2.23. The van der Waals surface area contributed by atoms with Crippen molar-refractivity contribution in [1.82, 2.24) is 5.32 Å². The van der Waals surface area contributed by atoms with E-state index in [4.69, 9.17) is 10.3 Å². The first-order chi connectivity index (χ1) is 7.83. The Morgan fingerprint density at radius 1 is 1.59 bits per heavy atom. The Hall–Kier alpha value is -1.75. The number of nitrogens with one attached hydrogen (secondary N) is 1. The Kier molecular flexibility index (Phi) is 3.96. The first-order valence-corrected chi connectivity index (χ1v) is 5.40. The lowest BCUT2D eigenvalue weighted by atomic mass is 9.95. The number of carbonyl (C=O) groups is 2. The van der Waals surface area contributed by atoms with Crippen molar-refractivity contribution in [2.24, 2.45) is 5.11 Å². The molecule has 0 radical (unpaired) electrons. The van der Waals surface area contributed by atoms with Gasteiger partial charge in [0.05, 0.1) is 0 Å². The van der Waals surface area contributed by atoms with Crippen molar-refractivity contribution in [1.29, 1.82) is 0 Å². The minimum atomic E-state index is -0.692. The van der Waals surface area contributed by atoms with Gasteiger partial charge in [-0.15, -0.1) is 0 Å². The highest BCUT2D eigenvalue weighted by Gasteiger charge is 2.38. The van der Waals surface area contributed by atoms with E-state index in [0.29, 0.717) is 6.42 Å². The summed E-state index contributed by atoms with van der Waals surface area (Å²) in [5, 5.41) is 5.95. The quantitative estimate of drug-likeness (QED) is 0.263. The maximum atomic E-state index is 11.4. The molecule has 0 saturated carbocycles. The number of ether oxygens (including phenoxy) is 1. The fourth-order valence-corrected chi connectivity index (χ4v) is 1.52. The van der Waals surface area contributed by atoms with Crippen molar-refractivity contribution in [3.05, 3.63) is 10.4 Å². The molecule has 0 bridgehead atoms. The van der Waals surface area contributed by atoms with Crippen LogP contribution in [0.4, 0.5) is 0 Å². The monoisotopic (exact) mass is 240 g/mol. The van der Waals surface area contributed by atoms with Gasteiger partial charge >= 0.3 is 5.97 Å². The van der Waals surface area contributed by atoms with Gasteiger partial charge in [-0.3, -0.25) is 9.59 Å². The summed E-state index contributed by atoms with van der Waals surface area (Å²) in [5.41, 5.74) is 7.74. The molecule has 1 amide bonds. The molecule has 1 heterocycles. The Balaban J connectivity index is 2.35. The number of rotatable bonds is 4. The summed E-state index contributed by atoms with van der Waals surface area (Å²) < 4.78 is 5.12. The molecule has 17 heavy (non-hydrogen) atoms. The SMILES string of the molecule is CC(C)(C)OC(=O)CC[C@H]1NC(=O)[C@@H]1N=[N+]=[N-]. The van der Waals surface area contributed by atoms with Crippen LogP contribution < -0.4 is 5.32 Å². The summed E-state index contributed by atoms with van der Waals surface area (Å²) in [6, 6.07) is -0.951. The normalized spacial score (nSPS) is 23.1. The Morgan fingerprint density at radius 2 is 2.24 bits per heavy atom. The lowest BCUT2D eigenvalue weighted by Crippen LogP contribution is -2.61. The summed E-state index contributed by atoms with van der Waals surface area (Å²) in [4.78, 5) is 25.0. The third-order valence-corrected chi connectivity index (χ3v) is 2.23. The van der Waals surface area contributed by atoms with Crippen molar-refractivity contribution in [2.75, 3.05) is 0 Å². The molecule has 1 rings (SSSR count). The molecule has 1 N–H and O–H groups in total. The second kappa shape index (κ2) is 5.05. The van der Waals surface area contributed by atoms with Crippen LogP contribution in [0.1, 0.15) is 33.6 Å². The molecule has 0 spiro atoms. The Bertz CT molecular complexity index is 366. The van der Waals surface area contributed by atoms with Gasteiger partial charge in [0.25, 0.3) is 0 Å². The lowest BCUT2D eigenvalue weighted by Gasteiger charge is -2.33. The smallest absolute Gasteiger partial charge is 0.306 e. The van der Waals surface area contributed by atoms with Crippen LogP contribution in [0.25, 0.3) is 10.4 Å². The van der Waals surface area contributed by atoms with Crippen LogP contribution in [-0.4, -0.2) is 29.6 Å². The average molecular weight is 240 g/mol. The number of β-lactam (4-membered cyclic amide) rings is 1.